The number of hydrogen-bond donors (Lipinski definition) is 0. The van der Waals surface area contributed by atoms with Crippen LogP contribution in [0, 0.1) is 0 Å². The SMILES string of the molecule is COC(=O)C(SC)c1ccco1. The molecule has 0 radical (unpaired) electrons. The fourth-order valence-corrected chi connectivity index (χ4v) is 1.53. The van der Waals surface area contributed by atoms with Gasteiger partial charge in [-0.2, -0.15) is 0 Å². The second kappa shape index (κ2) is 4.21. The number of carbonyl (C=O) groups excluding carboxylic acids is 1. The van der Waals surface area contributed by atoms with Gasteiger partial charge in [-0.15, -0.1) is 11.8 Å². The lowest BCUT2D eigenvalue weighted by atomic mass is 10.3. The van der Waals surface area contributed by atoms with Gasteiger partial charge in [0.1, 0.15) is 5.76 Å². The predicted molar refractivity (Wildman–Crippen MR) is 47.0 cm³/mol. The van der Waals surface area contributed by atoms with Gasteiger partial charge in [-0.1, -0.05) is 0 Å². The molecule has 3 nitrogen and oxygen atoms in total. The van der Waals surface area contributed by atoms with Crippen LogP contribution in [-0.2, 0) is 9.53 Å². The lowest BCUT2D eigenvalue weighted by Crippen LogP contribution is -2.09. The largest absolute Gasteiger partial charge is 0.468 e. The summed E-state index contributed by atoms with van der Waals surface area (Å²) >= 11 is 1.39. The highest BCUT2D eigenvalue weighted by atomic mass is 32.2. The van der Waals surface area contributed by atoms with Crippen LogP contribution in [0.1, 0.15) is 11.0 Å². The third-order valence-electron chi connectivity index (χ3n) is 1.45. The summed E-state index contributed by atoms with van der Waals surface area (Å²) in [4.78, 5) is 11.1. The van der Waals surface area contributed by atoms with Crippen LogP contribution in [0.25, 0.3) is 0 Å². The van der Waals surface area contributed by atoms with Crippen LogP contribution in [0.5, 0.6) is 0 Å². The summed E-state index contributed by atoms with van der Waals surface area (Å²) in [5.74, 6) is 0.354. The van der Waals surface area contributed by atoms with E-state index in [1.165, 1.54) is 18.9 Å². The second-order valence-electron chi connectivity index (χ2n) is 2.15. The molecule has 0 aliphatic carbocycles. The molecule has 0 saturated heterocycles. The van der Waals surface area contributed by atoms with E-state index in [1.54, 1.807) is 18.4 Å². The Bertz CT molecular complexity index is 243. The molecule has 0 aliphatic rings. The average Bonchev–Trinajstić information content (AvgIpc) is 2.58. The van der Waals surface area contributed by atoms with E-state index in [9.17, 15) is 4.79 Å². The molecule has 1 unspecified atom stereocenters. The first kappa shape index (κ1) is 9.19. The molecule has 1 aromatic heterocycles. The normalized spacial score (nSPS) is 12.5. The number of rotatable bonds is 3. The van der Waals surface area contributed by atoms with Crippen LogP contribution >= 0.6 is 11.8 Å². The minimum absolute atomic E-state index is 0.280. The van der Waals surface area contributed by atoms with Crippen molar-refractivity contribution < 1.29 is 13.9 Å². The number of methoxy groups -OCH3 is 1. The zero-order chi connectivity index (χ0) is 8.97. The van der Waals surface area contributed by atoms with Gasteiger partial charge < -0.3 is 9.15 Å². The van der Waals surface area contributed by atoms with Gasteiger partial charge in [0.25, 0.3) is 0 Å². The van der Waals surface area contributed by atoms with Crippen molar-refractivity contribution in [1.82, 2.24) is 0 Å². The van der Waals surface area contributed by atoms with Gasteiger partial charge in [0.2, 0.25) is 0 Å². The Labute approximate surface area is 75.1 Å². The molecule has 4 heteroatoms. The zero-order valence-electron chi connectivity index (χ0n) is 6.94. The van der Waals surface area contributed by atoms with Crippen molar-refractivity contribution in [2.24, 2.45) is 0 Å². The molecule has 0 N–H and O–H groups in total. The predicted octanol–water partition coefficient (Wildman–Crippen LogP) is 1.86. The monoisotopic (exact) mass is 186 g/mol. The summed E-state index contributed by atoms with van der Waals surface area (Å²) in [6.07, 6.45) is 3.38. The fourth-order valence-electron chi connectivity index (χ4n) is 0.876. The molecule has 0 aromatic carbocycles. The molecule has 0 spiro atoms. The number of hydrogen-bond acceptors (Lipinski definition) is 4. The lowest BCUT2D eigenvalue weighted by molar-refractivity contribution is -0.140. The van der Waals surface area contributed by atoms with E-state index in [-0.39, 0.29) is 11.2 Å². The maximum atomic E-state index is 11.1. The summed E-state index contributed by atoms with van der Waals surface area (Å²) < 4.78 is 9.70. The van der Waals surface area contributed by atoms with Crippen LogP contribution in [0.3, 0.4) is 0 Å². The summed E-state index contributed by atoms with van der Waals surface area (Å²) in [5.41, 5.74) is 0. The Morgan fingerprint density at radius 1 is 1.75 bits per heavy atom. The van der Waals surface area contributed by atoms with Crippen molar-refractivity contribution in [2.45, 2.75) is 5.25 Å². The number of ether oxygens (including phenoxy) is 1. The Morgan fingerprint density at radius 3 is 2.92 bits per heavy atom. The molecule has 0 aliphatic heterocycles. The van der Waals surface area contributed by atoms with Gasteiger partial charge >= 0.3 is 5.97 Å². The number of esters is 1. The van der Waals surface area contributed by atoms with Crippen molar-refractivity contribution in [3.8, 4) is 0 Å². The van der Waals surface area contributed by atoms with Gasteiger partial charge in [0.15, 0.2) is 5.25 Å². The lowest BCUT2D eigenvalue weighted by Gasteiger charge is -2.07. The summed E-state index contributed by atoms with van der Waals surface area (Å²) in [7, 11) is 1.37. The molecule has 0 saturated carbocycles. The van der Waals surface area contributed by atoms with E-state index in [0.29, 0.717) is 5.76 Å². The third kappa shape index (κ3) is 1.82. The van der Waals surface area contributed by atoms with E-state index in [0.717, 1.165) is 0 Å². The van der Waals surface area contributed by atoms with Gasteiger partial charge in [-0.05, 0) is 18.4 Å². The second-order valence-corrected chi connectivity index (χ2v) is 3.10. The molecule has 0 fully saturated rings. The zero-order valence-corrected chi connectivity index (χ0v) is 7.76. The van der Waals surface area contributed by atoms with Crippen molar-refractivity contribution >= 4 is 17.7 Å². The first-order chi connectivity index (χ1) is 5.79. The minimum Gasteiger partial charge on any atom is -0.468 e. The van der Waals surface area contributed by atoms with Crippen molar-refractivity contribution in [2.75, 3.05) is 13.4 Å². The van der Waals surface area contributed by atoms with Crippen molar-refractivity contribution in [3.63, 3.8) is 0 Å². The van der Waals surface area contributed by atoms with Crippen LogP contribution in [0.2, 0.25) is 0 Å². The minimum atomic E-state index is -0.343. The number of carbonyl (C=O) groups is 1. The molecular weight excluding hydrogens is 176 g/mol. The topological polar surface area (TPSA) is 39.4 Å². The summed E-state index contributed by atoms with van der Waals surface area (Å²) in [5, 5.41) is -0.343. The molecule has 0 bridgehead atoms. The Kier molecular flexibility index (Phi) is 3.22. The first-order valence-electron chi connectivity index (χ1n) is 3.43. The molecule has 1 atom stereocenters. The molecule has 12 heavy (non-hydrogen) atoms. The quantitative estimate of drug-likeness (QED) is 0.675. The summed E-state index contributed by atoms with van der Waals surface area (Å²) in [6, 6.07) is 3.51. The maximum Gasteiger partial charge on any atom is 0.326 e. The maximum absolute atomic E-state index is 11.1. The first-order valence-corrected chi connectivity index (χ1v) is 4.72. The molecular formula is C8H10O3S. The highest BCUT2D eigenvalue weighted by Gasteiger charge is 2.22. The van der Waals surface area contributed by atoms with E-state index in [1.807, 2.05) is 6.26 Å². The van der Waals surface area contributed by atoms with Crippen LogP contribution in [0.4, 0.5) is 0 Å². The fraction of sp³-hybridized carbons (Fsp3) is 0.375. The molecule has 1 rings (SSSR count). The standard InChI is InChI=1S/C8H10O3S/c1-10-8(9)7(12-2)6-4-3-5-11-6/h3-5,7H,1-2H3. The Morgan fingerprint density at radius 2 is 2.50 bits per heavy atom. The highest BCUT2D eigenvalue weighted by Crippen LogP contribution is 2.27. The van der Waals surface area contributed by atoms with Crippen molar-refractivity contribution in [3.05, 3.63) is 24.2 Å². The van der Waals surface area contributed by atoms with Crippen LogP contribution < -0.4 is 0 Å². The van der Waals surface area contributed by atoms with E-state index < -0.39 is 0 Å². The average molecular weight is 186 g/mol. The Hall–Kier alpha value is -0.900. The third-order valence-corrected chi connectivity index (χ3v) is 2.35. The number of furan rings is 1. The van der Waals surface area contributed by atoms with Crippen LogP contribution in [0.15, 0.2) is 22.8 Å². The van der Waals surface area contributed by atoms with E-state index in [2.05, 4.69) is 4.74 Å². The van der Waals surface area contributed by atoms with E-state index in [4.69, 9.17) is 4.42 Å². The molecule has 0 amide bonds. The highest BCUT2D eigenvalue weighted by molar-refractivity contribution is 7.99. The van der Waals surface area contributed by atoms with Crippen LogP contribution in [-0.4, -0.2) is 19.3 Å². The van der Waals surface area contributed by atoms with E-state index >= 15 is 0 Å². The molecule has 1 aromatic rings. The number of thioether (sulfide) groups is 1. The van der Waals surface area contributed by atoms with Gasteiger partial charge in [-0.3, -0.25) is 4.79 Å². The van der Waals surface area contributed by atoms with Gasteiger partial charge in [0.05, 0.1) is 13.4 Å². The smallest absolute Gasteiger partial charge is 0.326 e. The van der Waals surface area contributed by atoms with Gasteiger partial charge in [0, 0.05) is 0 Å². The van der Waals surface area contributed by atoms with Gasteiger partial charge in [-0.25, -0.2) is 0 Å². The van der Waals surface area contributed by atoms with Crippen molar-refractivity contribution in [1.29, 1.82) is 0 Å². The molecule has 66 valence electrons. The Balaban J connectivity index is 2.76. The molecule has 1 heterocycles. The summed E-state index contributed by atoms with van der Waals surface area (Å²) in [6.45, 7) is 0.